The zero-order valence-electron chi connectivity index (χ0n) is 19.7. The highest BCUT2D eigenvalue weighted by molar-refractivity contribution is 7.10. The Morgan fingerprint density at radius 3 is 2.78 bits per heavy atom. The maximum Gasteiger partial charge on any atom is 0.176 e. The lowest BCUT2D eigenvalue weighted by molar-refractivity contribution is -0.000620. The highest BCUT2D eigenvalue weighted by atomic mass is 32.1. The number of aromatic nitrogens is 1. The number of rotatable bonds is 9. The Labute approximate surface area is 195 Å². The fourth-order valence-corrected chi connectivity index (χ4v) is 5.82. The van der Waals surface area contributed by atoms with Gasteiger partial charge in [0.15, 0.2) is 5.13 Å². The lowest BCUT2D eigenvalue weighted by Gasteiger charge is -2.41. The number of nitrogens with zero attached hydrogens (tertiary/aromatic N) is 3. The summed E-state index contributed by atoms with van der Waals surface area (Å²) in [4.78, 5) is 13.0. The van der Waals surface area contributed by atoms with E-state index in [2.05, 4.69) is 48.1 Å². The van der Waals surface area contributed by atoms with Gasteiger partial charge in [-0.15, -0.1) is 11.3 Å². The normalized spacial score (nSPS) is 22.7. The van der Waals surface area contributed by atoms with E-state index in [0.717, 1.165) is 61.8 Å². The van der Waals surface area contributed by atoms with Gasteiger partial charge in [-0.3, -0.25) is 14.9 Å². The molecule has 0 radical (unpaired) electrons. The summed E-state index contributed by atoms with van der Waals surface area (Å²) < 4.78 is 20.0. The highest BCUT2D eigenvalue weighted by Crippen LogP contribution is 2.45. The molecular formula is C25H35FN4OS. The number of halogens is 1. The molecule has 1 N–H and O–H groups in total. The van der Waals surface area contributed by atoms with Crippen LogP contribution in [-0.2, 0) is 16.7 Å². The van der Waals surface area contributed by atoms with Gasteiger partial charge in [-0.2, -0.15) is 4.39 Å². The van der Waals surface area contributed by atoms with Crippen molar-refractivity contribution >= 4 is 17.2 Å². The molecule has 2 aliphatic rings. The van der Waals surface area contributed by atoms with Crippen LogP contribution in [0.1, 0.15) is 49.7 Å². The first-order chi connectivity index (χ1) is 15.3. The third-order valence-electron chi connectivity index (χ3n) is 7.13. The topological polar surface area (TPSA) is 49.8 Å². The lowest BCUT2D eigenvalue weighted by atomic mass is 9.76. The van der Waals surface area contributed by atoms with Gasteiger partial charge in [0.05, 0.1) is 6.54 Å². The van der Waals surface area contributed by atoms with Crippen LogP contribution in [0.25, 0.3) is 0 Å². The minimum atomic E-state index is -0.140. The number of pyridine rings is 1. The first-order valence-corrected chi connectivity index (χ1v) is 12.5. The molecule has 2 aromatic heterocycles. The second-order valence-corrected chi connectivity index (χ2v) is 10.6. The van der Waals surface area contributed by atoms with Crippen LogP contribution < -0.4 is 5.32 Å². The summed E-state index contributed by atoms with van der Waals surface area (Å²) in [6.07, 6.45) is 4.75. The third kappa shape index (κ3) is 4.75. The largest absolute Gasteiger partial charge is 0.370 e. The number of thiophene rings is 1. The third-order valence-corrected chi connectivity index (χ3v) is 8.06. The number of ether oxygens (including phenoxy) is 1. The van der Waals surface area contributed by atoms with Crippen molar-refractivity contribution in [1.29, 1.82) is 0 Å². The SMILES string of the molecule is CCOC(C1=NCCN1)[C@]1(CCc2ccc(F)s2)CCN(C(C)(C)c2ccc(C)nc2)C1. The van der Waals surface area contributed by atoms with Gasteiger partial charge in [-0.1, -0.05) is 6.07 Å². The van der Waals surface area contributed by atoms with Crippen molar-refractivity contribution < 1.29 is 9.13 Å². The second-order valence-electron chi connectivity index (χ2n) is 9.52. The van der Waals surface area contributed by atoms with Gasteiger partial charge in [0, 0.05) is 47.4 Å². The lowest BCUT2D eigenvalue weighted by Crippen LogP contribution is -2.50. The van der Waals surface area contributed by atoms with E-state index in [1.54, 1.807) is 6.07 Å². The van der Waals surface area contributed by atoms with Crippen LogP contribution in [-0.4, -0.2) is 54.6 Å². The van der Waals surface area contributed by atoms with E-state index in [1.807, 2.05) is 19.2 Å². The molecule has 0 aliphatic carbocycles. The van der Waals surface area contributed by atoms with E-state index in [1.165, 1.54) is 16.9 Å². The van der Waals surface area contributed by atoms with Gasteiger partial charge in [0.2, 0.25) is 0 Å². The van der Waals surface area contributed by atoms with Crippen LogP contribution in [0.15, 0.2) is 35.5 Å². The van der Waals surface area contributed by atoms with E-state index in [9.17, 15) is 4.39 Å². The Morgan fingerprint density at radius 1 is 1.31 bits per heavy atom. The van der Waals surface area contributed by atoms with Gasteiger partial charge in [-0.05, 0) is 77.3 Å². The van der Waals surface area contributed by atoms with E-state index in [-0.39, 0.29) is 22.2 Å². The number of aryl methyl sites for hydroxylation is 2. The van der Waals surface area contributed by atoms with Crippen LogP contribution in [0, 0.1) is 17.5 Å². The van der Waals surface area contributed by atoms with Crippen LogP contribution in [0.2, 0.25) is 0 Å². The molecule has 2 atom stereocenters. The molecule has 0 saturated carbocycles. The van der Waals surface area contributed by atoms with Crippen molar-refractivity contribution in [2.75, 3.05) is 32.8 Å². The maximum atomic E-state index is 13.6. The number of hydrogen-bond acceptors (Lipinski definition) is 6. The number of likely N-dealkylation sites (tertiary alicyclic amines) is 1. The van der Waals surface area contributed by atoms with Crippen LogP contribution in [0.5, 0.6) is 0 Å². The molecule has 1 saturated heterocycles. The zero-order chi connectivity index (χ0) is 22.8. The Kier molecular flexibility index (Phi) is 6.98. The molecule has 5 nitrogen and oxygen atoms in total. The summed E-state index contributed by atoms with van der Waals surface area (Å²) in [7, 11) is 0. The summed E-state index contributed by atoms with van der Waals surface area (Å²) in [6, 6.07) is 7.78. The maximum absolute atomic E-state index is 13.6. The van der Waals surface area contributed by atoms with E-state index >= 15 is 0 Å². The van der Waals surface area contributed by atoms with Crippen LogP contribution in [0.3, 0.4) is 0 Å². The van der Waals surface area contributed by atoms with E-state index in [0.29, 0.717) is 6.61 Å². The Morgan fingerprint density at radius 2 is 2.16 bits per heavy atom. The average Bonchev–Trinajstić information content (AvgIpc) is 3.53. The summed E-state index contributed by atoms with van der Waals surface area (Å²) >= 11 is 1.26. The van der Waals surface area contributed by atoms with Crippen molar-refractivity contribution in [3.8, 4) is 0 Å². The number of hydrogen-bond donors (Lipinski definition) is 1. The number of amidine groups is 1. The molecule has 0 bridgehead atoms. The van der Waals surface area contributed by atoms with E-state index in [4.69, 9.17) is 9.73 Å². The first kappa shape index (κ1) is 23.3. The fraction of sp³-hybridized carbons (Fsp3) is 0.600. The van der Waals surface area contributed by atoms with Crippen LogP contribution >= 0.6 is 11.3 Å². The van der Waals surface area contributed by atoms with Crippen molar-refractivity contribution in [2.24, 2.45) is 10.4 Å². The predicted molar refractivity (Wildman–Crippen MR) is 129 cm³/mol. The Balaban J connectivity index is 1.62. The first-order valence-electron chi connectivity index (χ1n) is 11.7. The van der Waals surface area contributed by atoms with Gasteiger partial charge in [0.25, 0.3) is 0 Å². The fourth-order valence-electron chi connectivity index (χ4n) is 5.10. The van der Waals surface area contributed by atoms with Crippen molar-refractivity contribution in [3.63, 3.8) is 0 Å². The monoisotopic (exact) mass is 458 g/mol. The van der Waals surface area contributed by atoms with Gasteiger partial charge in [0.1, 0.15) is 11.9 Å². The zero-order valence-corrected chi connectivity index (χ0v) is 20.5. The van der Waals surface area contributed by atoms with Gasteiger partial charge in [-0.25, -0.2) is 0 Å². The molecule has 0 amide bonds. The Hall–Kier alpha value is -1.83. The summed E-state index contributed by atoms with van der Waals surface area (Å²) in [5.74, 6) is 0.987. The average molecular weight is 459 g/mol. The molecule has 0 aromatic carbocycles. The van der Waals surface area contributed by atoms with Crippen molar-refractivity contribution in [2.45, 2.75) is 58.6 Å². The summed E-state index contributed by atoms with van der Waals surface area (Å²) in [5, 5.41) is 3.36. The summed E-state index contributed by atoms with van der Waals surface area (Å²) in [6.45, 7) is 12.9. The molecule has 174 valence electrons. The van der Waals surface area contributed by atoms with Crippen molar-refractivity contribution in [1.82, 2.24) is 15.2 Å². The van der Waals surface area contributed by atoms with Gasteiger partial charge < -0.3 is 10.1 Å². The minimum Gasteiger partial charge on any atom is -0.370 e. The quantitative estimate of drug-likeness (QED) is 0.599. The van der Waals surface area contributed by atoms with Crippen molar-refractivity contribution in [3.05, 3.63) is 51.7 Å². The molecule has 7 heteroatoms. The molecule has 2 aliphatic heterocycles. The molecule has 2 aromatic rings. The highest BCUT2D eigenvalue weighted by Gasteiger charge is 2.50. The molecule has 0 spiro atoms. The number of aliphatic imine (C=N–C) groups is 1. The smallest absolute Gasteiger partial charge is 0.176 e. The molecule has 32 heavy (non-hydrogen) atoms. The minimum absolute atomic E-state index is 0.0725. The molecular weight excluding hydrogens is 423 g/mol. The second kappa shape index (κ2) is 9.57. The summed E-state index contributed by atoms with van der Waals surface area (Å²) in [5.41, 5.74) is 2.04. The van der Waals surface area contributed by atoms with E-state index < -0.39 is 0 Å². The predicted octanol–water partition coefficient (Wildman–Crippen LogP) is 4.56. The molecule has 4 rings (SSSR count). The number of nitrogens with one attached hydrogen (secondary N) is 1. The Bertz CT molecular complexity index is 942. The molecule has 1 fully saturated rings. The molecule has 1 unspecified atom stereocenters. The van der Waals surface area contributed by atoms with Gasteiger partial charge >= 0.3 is 0 Å². The molecule has 4 heterocycles. The van der Waals surface area contributed by atoms with Crippen LogP contribution in [0.4, 0.5) is 4.39 Å². The standard InChI is InChI=1S/C25H35FN4OS/c1-5-31-22(23-27-13-14-28-23)25(11-10-20-8-9-21(26)32-20)12-15-30(17-25)24(3,4)19-7-6-18(2)29-16-19/h6-9,16,22H,5,10-15,17H2,1-4H3,(H,27,28)/t22?,25-/m1/s1.